The van der Waals surface area contributed by atoms with Gasteiger partial charge in [0.05, 0.1) is 13.7 Å². The van der Waals surface area contributed by atoms with E-state index in [-0.39, 0.29) is 12.0 Å². The van der Waals surface area contributed by atoms with E-state index >= 15 is 0 Å². The van der Waals surface area contributed by atoms with Gasteiger partial charge in [0.25, 0.3) is 0 Å². The summed E-state index contributed by atoms with van der Waals surface area (Å²) in [5, 5.41) is 10.5. The molecule has 2 aliphatic rings. The summed E-state index contributed by atoms with van der Waals surface area (Å²) in [6.07, 6.45) is 5.92. The quantitative estimate of drug-likeness (QED) is 0.866. The minimum absolute atomic E-state index is 0.0713. The molecule has 1 fully saturated rings. The molecule has 0 aromatic heterocycles. The Kier molecular flexibility index (Phi) is 4.25. The fourth-order valence-electron chi connectivity index (χ4n) is 5.46. The largest absolute Gasteiger partial charge is 0.496 e. The lowest BCUT2D eigenvalue weighted by Crippen LogP contribution is -2.51. The SMILES string of the molecule is COc1cc2c(cc1C(C)C)CC[C@@H]1C(C)(C)CCC[C@@]21CO. The Balaban J connectivity index is 2.17. The van der Waals surface area contributed by atoms with Crippen LogP contribution in [0.15, 0.2) is 12.1 Å². The molecule has 2 heteroatoms. The number of fused-ring (bicyclic) bond motifs is 3. The van der Waals surface area contributed by atoms with Crippen molar-refractivity contribution in [2.75, 3.05) is 13.7 Å². The lowest BCUT2D eigenvalue weighted by Gasteiger charge is -2.55. The van der Waals surface area contributed by atoms with Crippen LogP contribution in [0.2, 0.25) is 0 Å². The molecule has 0 saturated heterocycles. The summed E-state index contributed by atoms with van der Waals surface area (Å²) in [5.41, 5.74) is 4.34. The number of methoxy groups -OCH3 is 1. The van der Waals surface area contributed by atoms with Gasteiger partial charge in [0.15, 0.2) is 0 Å². The van der Waals surface area contributed by atoms with Crippen LogP contribution in [0.4, 0.5) is 0 Å². The minimum Gasteiger partial charge on any atom is -0.496 e. The van der Waals surface area contributed by atoms with Crippen LogP contribution < -0.4 is 4.74 Å². The zero-order valence-corrected chi connectivity index (χ0v) is 15.4. The Hall–Kier alpha value is -1.02. The number of hydrogen-bond acceptors (Lipinski definition) is 2. The maximum atomic E-state index is 10.5. The van der Waals surface area contributed by atoms with Crippen LogP contribution in [0, 0.1) is 11.3 Å². The molecule has 2 aliphatic carbocycles. The van der Waals surface area contributed by atoms with Crippen molar-refractivity contribution >= 4 is 0 Å². The molecule has 1 aromatic carbocycles. The summed E-state index contributed by atoms with van der Waals surface area (Å²) < 4.78 is 5.71. The van der Waals surface area contributed by atoms with Gasteiger partial charge in [-0.05, 0) is 65.7 Å². The fraction of sp³-hybridized carbons (Fsp3) is 0.714. The molecule has 0 bridgehead atoms. The van der Waals surface area contributed by atoms with Crippen molar-refractivity contribution in [3.63, 3.8) is 0 Å². The molecule has 0 amide bonds. The van der Waals surface area contributed by atoms with Crippen molar-refractivity contribution in [2.24, 2.45) is 11.3 Å². The molecule has 23 heavy (non-hydrogen) atoms. The van der Waals surface area contributed by atoms with Crippen molar-refractivity contribution < 1.29 is 9.84 Å². The molecule has 128 valence electrons. The number of ether oxygens (including phenoxy) is 1. The molecule has 0 aliphatic heterocycles. The first-order valence-electron chi connectivity index (χ1n) is 9.18. The molecule has 0 heterocycles. The lowest BCUT2D eigenvalue weighted by molar-refractivity contribution is -0.00522. The van der Waals surface area contributed by atoms with Gasteiger partial charge in [-0.1, -0.05) is 40.2 Å². The van der Waals surface area contributed by atoms with Crippen molar-refractivity contribution in [1.29, 1.82) is 0 Å². The van der Waals surface area contributed by atoms with Crippen molar-refractivity contribution in [3.8, 4) is 5.75 Å². The number of hydrogen-bond donors (Lipinski definition) is 1. The van der Waals surface area contributed by atoms with E-state index in [4.69, 9.17) is 4.74 Å². The number of rotatable bonds is 3. The van der Waals surface area contributed by atoms with Crippen LogP contribution in [0.1, 0.15) is 76.0 Å². The van der Waals surface area contributed by atoms with E-state index in [1.807, 2.05) is 0 Å². The first-order valence-corrected chi connectivity index (χ1v) is 9.18. The van der Waals surface area contributed by atoms with E-state index in [1.165, 1.54) is 36.0 Å². The van der Waals surface area contributed by atoms with Crippen molar-refractivity contribution in [1.82, 2.24) is 0 Å². The highest BCUT2D eigenvalue weighted by Crippen LogP contribution is 2.57. The number of aliphatic hydroxyl groups is 1. The van der Waals surface area contributed by atoms with Crippen molar-refractivity contribution in [2.45, 2.75) is 71.1 Å². The third-order valence-electron chi connectivity index (χ3n) is 6.65. The number of aliphatic hydroxyl groups excluding tert-OH is 1. The maximum Gasteiger partial charge on any atom is 0.122 e. The second-order valence-corrected chi connectivity index (χ2v) is 8.65. The van der Waals surface area contributed by atoms with E-state index in [1.54, 1.807) is 7.11 Å². The van der Waals surface area contributed by atoms with Gasteiger partial charge in [0.2, 0.25) is 0 Å². The molecule has 2 nitrogen and oxygen atoms in total. The van der Waals surface area contributed by atoms with Crippen molar-refractivity contribution in [3.05, 3.63) is 28.8 Å². The summed E-state index contributed by atoms with van der Waals surface area (Å²) in [4.78, 5) is 0. The second kappa shape index (κ2) is 5.81. The average Bonchev–Trinajstić information content (AvgIpc) is 2.52. The van der Waals surface area contributed by atoms with Crippen LogP contribution in [0.5, 0.6) is 5.75 Å². The standard InChI is InChI=1S/C21H32O2/c1-14(2)16-11-15-7-8-19-20(3,4)9-6-10-21(19,13-22)17(15)12-18(16)23-5/h11-12,14,19,22H,6-10,13H2,1-5H3/t19-,21-/m1/s1. The van der Waals surface area contributed by atoms with E-state index < -0.39 is 0 Å². The zero-order valence-electron chi connectivity index (χ0n) is 15.4. The third kappa shape index (κ3) is 2.50. The normalized spacial score (nSPS) is 29.1. The fourth-order valence-corrected chi connectivity index (χ4v) is 5.46. The summed E-state index contributed by atoms with van der Waals surface area (Å²) in [7, 11) is 1.77. The van der Waals surface area contributed by atoms with Gasteiger partial charge >= 0.3 is 0 Å². The van der Waals surface area contributed by atoms with Crippen LogP contribution in [0.25, 0.3) is 0 Å². The predicted octanol–water partition coefficient (Wildman–Crippen LogP) is 4.82. The van der Waals surface area contributed by atoms with Gasteiger partial charge < -0.3 is 9.84 Å². The first kappa shape index (κ1) is 16.8. The van der Waals surface area contributed by atoms with Crippen LogP contribution >= 0.6 is 0 Å². The highest BCUT2D eigenvalue weighted by molar-refractivity contribution is 5.49. The Morgan fingerprint density at radius 3 is 2.61 bits per heavy atom. The molecular weight excluding hydrogens is 284 g/mol. The highest BCUT2D eigenvalue weighted by atomic mass is 16.5. The summed E-state index contributed by atoms with van der Waals surface area (Å²) in [6, 6.07) is 4.61. The third-order valence-corrected chi connectivity index (χ3v) is 6.65. The Labute approximate surface area is 141 Å². The average molecular weight is 316 g/mol. The van der Waals surface area contributed by atoms with Gasteiger partial charge in [0.1, 0.15) is 5.75 Å². The van der Waals surface area contributed by atoms with Gasteiger partial charge in [-0.3, -0.25) is 0 Å². The summed E-state index contributed by atoms with van der Waals surface area (Å²) in [5.74, 6) is 2.02. The highest BCUT2D eigenvalue weighted by Gasteiger charge is 2.52. The molecule has 1 aromatic rings. The minimum atomic E-state index is -0.0713. The van der Waals surface area contributed by atoms with Gasteiger partial charge in [-0.2, -0.15) is 0 Å². The Bertz CT molecular complexity index is 588. The van der Waals surface area contributed by atoms with Crippen LogP contribution in [-0.2, 0) is 11.8 Å². The molecular formula is C21H32O2. The van der Waals surface area contributed by atoms with Gasteiger partial charge in [0, 0.05) is 5.41 Å². The maximum absolute atomic E-state index is 10.5. The van der Waals surface area contributed by atoms with Crippen LogP contribution in [-0.4, -0.2) is 18.8 Å². The van der Waals surface area contributed by atoms with E-state index in [0.29, 0.717) is 17.3 Å². The second-order valence-electron chi connectivity index (χ2n) is 8.65. The smallest absolute Gasteiger partial charge is 0.122 e. The van der Waals surface area contributed by atoms with Gasteiger partial charge in [-0.25, -0.2) is 0 Å². The number of aryl methyl sites for hydroxylation is 1. The van der Waals surface area contributed by atoms with E-state index in [0.717, 1.165) is 18.6 Å². The molecule has 3 rings (SSSR count). The predicted molar refractivity (Wildman–Crippen MR) is 95.3 cm³/mol. The Morgan fingerprint density at radius 1 is 1.26 bits per heavy atom. The van der Waals surface area contributed by atoms with Crippen LogP contribution in [0.3, 0.4) is 0 Å². The summed E-state index contributed by atoms with van der Waals surface area (Å²) in [6.45, 7) is 9.50. The summed E-state index contributed by atoms with van der Waals surface area (Å²) >= 11 is 0. The molecule has 0 radical (unpaired) electrons. The lowest BCUT2D eigenvalue weighted by atomic mass is 9.50. The monoisotopic (exact) mass is 316 g/mol. The van der Waals surface area contributed by atoms with E-state index in [9.17, 15) is 5.11 Å². The van der Waals surface area contributed by atoms with E-state index in [2.05, 4.69) is 39.8 Å². The molecule has 0 spiro atoms. The first-order chi connectivity index (χ1) is 10.9. The topological polar surface area (TPSA) is 29.5 Å². The zero-order chi connectivity index (χ0) is 16.8. The molecule has 1 saturated carbocycles. The molecule has 2 atom stereocenters. The molecule has 0 unspecified atom stereocenters. The van der Waals surface area contributed by atoms with Gasteiger partial charge in [-0.15, -0.1) is 0 Å². The molecule has 1 N–H and O–H groups in total. The number of benzene rings is 1. The Morgan fingerprint density at radius 2 is 2.00 bits per heavy atom.